The molecule has 0 radical (unpaired) electrons. The number of aromatic nitrogens is 1. The van der Waals surface area contributed by atoms with Gasteiger partial charge < -0.3 is 5.11 Å². The van der Waals surface area contributed by atoms with Crippen LogP contribution in [0.4, 0.5) is 13.2 Å². The van der Waals surface area contributed by atoms with Gasteiger partial charge in [-0.05, 0) is 12.1 Å². The van der Waals surface area contributed by atoms with E-state index >= 15 is 0 Å². The van der Waals surface area contributed by atoms with Crippen molar-refractivity contribution in [2.75, 3.05) is 0 Å². The number of alkyl halides is 3. The maximum atomic E-state index is 9.91. The van der Waals surface area contributed by atoms with Crippen LogP contribution < -0.4 is 0 Å². The largest absolute Gasteiger partial charge is 0.519 e. The molecular formula is C6H6F3NO. The van der Waals surface area contributed by atoms with Crippen molar-refractivity contribution >= 4 is 0 Å². The normalized spacial score (nSPS) is 9.82. The molecule has 2 nitrogen and oxygen atoms in total. The number of rotatable bonds is 0. The summed E-state index contributed by atoms with van der Waals surface area (Å²) in [7, 11) is 0. The molecule has 0 aliphatic rings. The highest BCUT2D eigenvalue weighted by Crippen LogP contribution is 2.06. The second-order valence-corrected chi connectivity index (χ2v) is 1.49. The summed E-state index contributed by atoms with van der Waals surface area (Å²) in [5.74, 6) is 0. The molecule has 0 saturated carbocycles. The lowest BCUT2D eigenvalue weighted by Gasteiger charge is -1.86. The highest BCUT2D eigenvalue weighted by Gasteiger charge is 2.20. The summed E-state index contributed by atoms with van der Waals surface area (Å²) in [5.41, 5.74) is 0. The van der Waals surface area contributed by atoms with Crippen LogP contribution in [0, 0.1) is 0 Å². The SMILES string of the molecule is OC(F)(F)F.c1ccncc1. The maximum absolute atomic E-state index is 9.91. The molecule has 62 valence electrons. The van der Waals surface area contributed by atoms with Crippen LogP contribution in [0.25, 0.3) is 0 Å². The molecule has 0 bridgehead atoms. The molecule has 0 unspecified atom stereocenters. The van der Waals surface area contributed by atoms with Crippen molar-refractivity contribution in [3.05, 3.63) is 30.6 Å². The van der Waals surface area contributed by atoms with Crippen LogP contribution in [0.2, 0.25) is 0 Å². The number of hydrogen-bond acceptors (Lipinski definition) is 2. The molecule has 11 heavy (non-hydrogen) atoms. The zero-order valence-electron chi connectivity index (χ0n) is 5.42. The van der Waals surface area contributed by atoms with E-state index in [2.05, 4.69) is 4.98 Å². The second kappa shape index (κ2) is 4.68. The highest BCUT2D eigenvalue weighted by atomic mass is 19.4. The Morgan fingerprint density at radius 3 is 1.45 bits per heavy atom. The van der Waals surface area contributed by atoms with Crippen molar-refractivity contribution in [3.63, 3.8) is 0 Å². The van der Waals surface area contributed by atoms with E-state index in [0.29, 0.717) is 0 Å². The second-order valence-electron chi connectivity index (χ2n) is 1.49. The maximum Gasteiger partial charge on any atom is 0.519 e. The lowest BCUT2D eigenvalue weighted by molar-refractivity contribution is -0.295. The first kappa shape index (κ1) is 9.90. The fourth-order valence-corrected chi connectivity index (χ4v) is 0.313. The minimum absolute atomic E-state index is 1.75. The molecule has 0 amide bonds. The Labute approximate surface area is 61.3 Å². The smallest absolute Gasteiger partial charge is 0.308 e. The molecule has 0 spiro atoms. The monoisotopic (exact) mass is 165 g/mol. The molecule has 1 heterocycles. The topological polar surface area (TPSA) is 33.1 Å². The van der Waals surface area contributed by atoms with Crippen molar-refractivity contribution in [2.24, 2.45) is 0 Å². The zero-order valence-corrected chi connectivity index (χ0v) is 5.42. The Hall–Kier alpha value is -1.10. The van der Waals surface area contributed by atoms with E-state index in [1.165, 1.54) is 0 Å². The number of aliphatic hydroxyl groups is 1. The predicted molar refractivity (Wildman–Crippen MR) is 32.5 cm³/mol. The summed E-state index contributed by atoms with van der Waals surface area (Å²) >= 11 is 0. The third kappa shape index (κ3) is 17.6. The summed E-state index contributed by atoms with van der Waals surface area (Å²) in [6.07, 6.45) is -1.50. The van der Waals surface area contributed by atoms with Gasteiger partial charge in [0.2, 0.25) is 0 Å². The van der Waals surface area contributed by atoms with Crippen molar-refractivity contribution in [2.45, 2.75) is 6.36 Å². The lowest BCUT2D eigenvalue weighted by Crippen LogP contribution is -2.01. The minimum atomic E-state index is -5.00. The van der Waals surface area contributed by atoms with E-state index in [1.807, 2.05) is 18.2 Å². The Kier molecular flexibility index (Phi) is 4.21. The minimum Gasteiger partial charge on any atom is -0.308 e. The molecule has 0 atom stereocenters. The molecule has 0 aliphatic heterocycles. The van der Waals surface area contributed by atoms with Crippen LogP contribution in [-0.2, 0) is 0 Å². The molecule has 0 fully saturated rings. The third-order valence-electron chi connectivity index (χ3n) is 0.566. The predicted octanol–water partition coefficient (Wildman–Crippen LogP) is 1.58. The van der Waals surface area contributed by atoms with Gasteiger partial charge in [-0.25, -0.2) is 0 Å². The van der Waals surface area contributed by atoms with Crippen LogP contribution in [0.1, 0.15) is 0 Å². The standard InChI is InChI=1S/C5H5N.CHF3O/c1-2-4-6-5-3-1;2-1(3,4)5/h1-5H;5H. The molecule has 1 aromatic heterocycles. The van der Waals surface area contributed by atoms with Gasteiger partial charge in [-0.2, -0.15) is 0 Å². The van der Waals surface area contributed by atoms with Gasteiger partial charge in [-0.3, -0.25) is 4.98 Å². The van der Waals surface area contributed by atoms with Crippen LogP contribution in [0.5, 0.6) is 0 Å². The Bertz CT molecular complexity index is 142. The third-order valence-corrected chi connectivity index (χ3v) is 0.566. The van der Waals surface area contributed by atoms with Gasteiger partial charge in [0.1, 0.15) is 0 Å². The number of hydrogen-bond donors (Lipinski definition) is 1. The van der Waals surface area contributed by atoms with Gasteiger partial charge in [0, 0.05) is 12.4 Å². The first-order valence-electron chi connectivity index (χ1n) is 2.64. The molecule has 0 saturated heterocycles. The summed E-state index contributed by atoms with van der Waals surface area (Å²) in [6.45, 7) is 0. The summed E-state index contributed by atoms with van der Waals surface area (Å²) in [6, 6.07) is 5.72. The van der Waals surface area contributed by atoms with Crippen molar-refractivity contribution in [1.82, 2.24) is 4.98 Å². The van der Waals surface area contributed by atoms with Crippen molar-refractivity contribution < 1.29 is 18.3 Å². The van der Waals surface area contributed by atoms with Gasteiger partial charge in [0.05, 0.1) is 0 Å². The van der Waals surface area contributed by atoms with Crippen LogP contribution in [-0.4, -0.2) is 16.5 Å². The quantitative estimate of drug-likeness (QED) is 0.633. The van der Waals surface area contributed by atoms with Gasteiger partial charge in [-0.1, -0.05) is 6.07 Å². The fraction of sp³-hybridized carbons (Fsp3) is 0.167. The van der Waals surface area contributed by atoms with Crippen LogP contribution in [0.15, 0.2) is 30.6 Å². The Morgan fingerprint density at radius 1 is 1.00 bits per heavy atom. The molecule has 0 aromatic carbocycles. The first-order valence-corrected chi connectivity index (χ1v) is 2.64. The van der Waals surface area contributed by atoms with Crippen molar-refractivity contribution in [3.8, 4) is 0 Å². The highest BCUT2D eigenvalue weighted by molar-refractivity contribution is 4.88. The van der Waals surface area contributed by atoms with E-state index in [1.54, 1.807) is 12.4 Å². The fourth-order valence-electron chi connectivity index (χ4n) is 0.313. The molecule has 0 aliphatic carbocycles. The summed E-state index contributed by atoms with van der Waals surface area (Å²) in [4.78, 5) is 3.78. The molecule has 1 N–H and O–H groups in total. The van der Waals surface area contributed by atoms with E-state index in [9.17, 15) is 13.2 Å². The van der Waals surface area contributed by atoms with Gasteiger partial charge in [0.15, 0.2) is 0 Å². The molecule has 1 aromatic rings. The van der Waals surface area contributed by atoms with Gasteiger partial charge >= 0.3 is 6.36 Å². The number of nitrogens with zero attached hydrogens (tertiary/aromatic N) is 1. The number of halogens is 3. The van der Waals surface area contributed by atoms with E-state index in [0.717, 1.165) is 0 Å². The average Bonchev–Trinajstić information content (AvgIpc) is 1.88. The molecular weight excluding hydrogens is 159 g/mol. The van der Waals surface area contributed by atoms with Crippen molar-refractivity contribution in [1.29, 1.82) is 0 Å². The molecule has 5 heteroatoms. The van der Waals surface area contributed by atoms with Gasteiger partial charge in [-0.15, -0.1) is 13.2 Å². The van der Waals surface area contributed by atoms with Gasteiger partial charge in [0.25, 0.3) is 0 Å². The van der Waals surface area contributed by atoms with E-state index in [4.69, 9.17) is 5.11 Å². The summed E-state index contributed by atoms with van der Waals surface area (Å²) in [5, 5.41) is 6.52. The summed E-state index contributed by atoms with van der Waals surface area (Å²) < 4.78 is 29.7. The van der Waals surface area contributed by atoms with Crippen LogP contribution in [0.3, 0.4) is 0 Å². The van der Waals surface area contributed by atoms with Crippen LogP contribution >= 0.6 is 0 Å². The Balaban J connectivity index is 0.000000187. The average molecular weight is 165 g/mol. The van der Waals surface area contributed by atoms with E-state index < -0.39 is 6.36 Å². The lowest BCUT2D eigenvalue weighted by atomic mass is 10.5. The number of pyridine rings is 1. The molecule has 1 rings (SSSR count). The Morgan fingerprint density at radius 2 is 1.36 bits per heavy atom. The zero-order chi connectivity index (χ0) is 8.74. The first-order chi connectivity index (χ1) is 5.00. The van der Waals surface area contributed by atoms with E-state index in [-0.39, 0.29) is 0 Å².